The molecule has 1 rings (SSSR count). The highest BCUT2D eigenvalue weighted by Crippen LogP contribution is 2.31. The van der Waals surface area contributed by atoms with Gasteiger partial charge in [0.05, 0.1) is 23.2 Å². The van der Waals surface area contributed by atoms with Crippen molar-refractivity contribution in [2.75, 3.05) is 13.7 Å². The van der Waals surface area contributed by atoms with Gasteiger partial charge >= 0.3 is 5.69 Å². The van der Waals surface area contributed by atoms with E-state index in [1.54, 1.807) is 13.8 Å². The van der Waals surface area contributed by atoms with E-state index in [0.29, 0.717) is 0 Å². The molecule has 1 unspecified atom stereocenters. The van der Waals surface area contributed by atoms with Crippen LogP contribution in [0.2, 0.25) is 0 Å². The third kappa shape index (κ3) is 3.03. The van der Waals surface area contributed by atoms with E-state index in [1.807, 2.05) is 6.07 Å². The number of nitrogens with zero attached hydrogens (tertiary/aromatic N) is 3. The minimum absolute atomic E-state index is 0.0676. The average molecular weight is 277 g/mol. The molecule has 1 aromatic rings. The van der Waals surface area contributed by atoms with E-state index < -0.39 is 16.9 Å². The first kappa shape index (κ1) is 15.4. The van der Waals surface area contributed by atoms with Gasteiger partial charge in [-0.1, -0.05) is 6.07 Å². The molecule has 0 saturated heterocycles. The fourth-order valence-electron chi connectivity index (χ4n) is 1.59. The number of rotatable bonds is 5. The van der Waals surface area contributed by atoms with E-state index in [4.69, 9.17) is 10.00 Å². The first-order valence-corrected chi connectivity index (χ1v) is 6.01. The van der Waals surface area contributed by atoms with Gasteiger partial charge in [0.1, 0.15) is 6.04 Å². The maximum Gasteiger partial charge on any atom is 0.311 e. The zero-order valence-corrected chi connectivity index (χ0v) is 11.5. The molecule has 0 radical (unpaired) electrons. The van der Waals surface area contributed by atoms with Gasteiger partial charge in [0.25, 0.3) is 5.91 Å². The summed E-state index contributed by atoms with van der Waals surface area (Å²) in [6, 6.07) is 5.43. The molecule has 0 aliphatic rings. The summed E-state index contributed by atoms with van der Waals surface area (Å²) in [5.41, 5.74) is -0.193. The van der Waals surface area contributed by atoms with Crippen molar-refractivity contribution in [3.05, 3.63) is 33.9 Å². The minimum Gasteiger partial charge on any atom is -0.487 e. The SMILES string of the molecule is CCOc1c(C(=O)N(C)C(C)C#N)cccc1[N+](=O)[O-]. The van der Waals surface area contributed by atoms with Crippen LogP contribution >= 0.6 is 0 Å². The lowest BCUT2D eigenvalue weighted by atomic mass is 10.1. The molecule has 0 heterocycles. The molecule has 0 aromatic heterocycles. The third-order valence-corrected chi connectivity index (χ3v) is 2.80. The number of carbonyl (C=O) groups is 1. The molecule has 106 valence electrons. The van der Waals surface area contributed by atoms with Crippen LogP contribution in [0.5, 0.6) is 5.75 Å². The number of para-hydroxylation sites is 1. The molecule has 1 amide bonds. The van der Waals surface area contributed by atoms with E-state index >= 15 is 0 Å². The van der Waals surface area contributed by atoms with Crippen molar-refractivity contribution >= 4 is 11.6 Å². The highest BCUT2D eigenvalue weighted by atomic mass is 16.6. The second-order valence-corrected chi connectivity index (χ2v) is 4.07. The van der Waals surface area contributed by atoms with Crippen LogP contribution < -0.4 is 4.74 Å². The van der Waals surface area contributed by atoms with Gasteiger partial charge in [-0.2, -0.15) is 5.26 Å². The van der Waals surface area contributed by atoms with Crippen LogP contribution in [0.3, 0.4) is 0 Å². The first-order chi connectivity index (χ1) is 9.43. The number of nitriles is 1. The summed E-state index contributed by atoms with van der Waals surface area (Å²) in [4.78, 5) is 23.9. The Kier molecular flexibility index (Phi) is 5.03. The van der Waals surface area contributed by atoms with Crippen LogP contribution in [0.4, 0.5) is 5.69 Å². The molecule has 0 N–H and O–H groups in total. The number of hydrogen-bond acceptors (Lipinski definition) is 5. The highest BCUT2D eigenvalue weighted by molar-refractivity contribution is 5.98. The smallest absolute Gasteiger partial charge is 0.311 e. The van der Waals surface area contributed by atoms with Gasteiger partial charge in [-0.3, -0.25) is 14.9 Å². The molecular formula is C13H15N3O4. The molecule has 0 aliphatic heterocycles. The maximum atomic E-state index is 12.3. The Morgan fingerprint density at radius 2 is 2.25 bits per heavy atom. The summed E-state index contributed by atoms with van der Waals surface area (Å²) in [6.45, 7) is 3.44. The number of hydrogen-bond donors (Lipinski definition) is 0. The van der Waals surface area contributed by atoms with Crippen molar-refractivity contribution < 1.29 is 14.5 Å². The van der Waals surface area contributed by atoms with E-state index in [9.17, 15) is 14.9 Å². The number of benzene rings is 1. The van der Waals surface area contributed by atoms with Crippen molar-refractivity contribution in [1.29, 1.82) is 5.26 Å². The first-order valence-electron chi connectivity index (χ1n) is 6.01. The van der Waals surface area contributed by atoms with Gasteiger partial charge in [-0.15, -0.1) is 0 Å². The molecule has 7 nitrogen and oxygen atoms in total. The van der Waals surface area contributed by atoms with Gasteiger partial charge in [0, 0.05) is 13.1 Å². The zero-order chi connectivity index (χ0) is 15.3. The lowest BCUT2D eigenvalue weighted by Crippen LogP contribution is -2.34. The molecule has 0 bridgehead atoms. The third-order valence-electron chi connectivity index (χ3n) is 2.80. The maximum absolute atomic E-state index is 12.3. The Bertz CT molecular complexity index is 565. The van der Waals surface area contributed by atoms with Gasteiger partial charge in [0.2, 0.25) is 5.75 Å². The predicted molar refractivity (Wildman–Crippen MR) is 71.4 cm³/mol. The van der Waals surface area contributed by atoms with Gasteiger partial charge < -0.3 is 9.64 Å². The van der Waals surface area contributed by atoms with Gasteiger partial charge in [0.15, 0.2) is 0 Å². The van der Waals surface area contributed by atoms with Gasteiger partial charge in [-0.25, -0.2) is 0 Å². The number of carbonyl (C=O) groups excluding carboxylic acids is 1. The van der Waals surface area contributed by atoms with Crippen LogP contribution in [0.25, 0.3) is 0 Å². The van der Waals surface area contributed by atoms with Crippen molar-refractivity contribution in [3.8, 4) is 11.8 Å². The van der Waals surface area contributed by atoms with Crippen LogP contribution in [0, 0.1) is 21.4 Å². The summed E-state index contributed by atoms with van der Waals surface area (Å²) >= 11 is 0. The molecule has 0 spiro atoms. The number of nitro groups is 1. The Labute approximate surface area is 116 Å². The number of nitro benzene ring substituents is 1. The zero-order valence-electron chi connectivity index (χ0n) is 11.5. The quantitative estimate of drug-likeness (QED) is 0.605. The highest BCUT2D eigenvalue weighted by Gasteiger charge is 2.26. The molecule has 20 heavy (non-hydrogen) atoms. The molecule has 0 fully saturated rings. The lowest BCUT2D eigenvalue weighted by Gasteiger charge is -2.20. The summed E-state index contributed by atoms with van der Waals surface area (Å²) < 4.78 is 5.24. The number of ether oxygens (including phenoxy) is 1. The summed E-state index contributed by atoms with van der Waals surface area (Å²) in [5, 5.41) is 19.8. The van der Waals surface area contributed by atoms with Crippen LogP contribution in [-0.4, -0.2) is 35.4 Å². The second-order valence-electron chi connectivity index (χ2n) is 4.07. The Morgan fingerprint density at radius 3 is 2.75 bits per heavy atom. The Balaban J connectivity index is 3.31. The van der Waals surface area contributed by atoms with Crippen LogP contribution in [0.1, 0.15) is 24.2 Å². The van der Waals surface area contributed by atoms with E-state index in [0.717, 1.165) is 0 Å². The topological polar surface area (TPSA) is 96.5 Å². The van der Waals surface area contributed by atoms with E-state index in [1.165, 1.54) is 30.1 Å². The monoisotopic (exact) mass is 277 g/mol. The predicted octanol–water partition coefficient (Wildman–Crippen LogP) is 1.98. The van der Waals surface area contributed by atoms with E-state index in [-0.39, 0.29) is 23.6 Å². The molecule has 0 saturated carbocycles. The Hall–Kier alpha value is -2.62. The fraction of sp³-hybridized carbons (Fsp3) is 0.385. The Morgan fingerprint density at radius 1 is 1.60 bits per heavy atom. The largest absolute Gasteiger partial charge is 0.487 e. The van der Waals surface area contributed by atoms with Crippen molar-refractivity contribution in [2.45, 2.75) is 19.9 Å². The molecule has 7 heteroatoms. The van der Waals surface area contributed by atoms with Crippen molar-refractivity contribution in [2.24, 2.45) is 0 Å². The van der Waals surface area contributed by atoms with Crippen LogP contribution in [-0.2, 0) is 0 Å². The normalized spacial score (nSPS) is 11.3. The van der Waals surface area contributed by atoms with E-state index in [2.05, 4.69) is 0 Å². The summed E-state index contributed by atoms with van der Waals surface area (Å²) in [5.74, 6) is -0.562. The minimum atomic E-state index is -0.642. The second kappa shape index (κ2) is 6.52. The summed E-state index contributed by atoms with van der Waals surface area (Å²) in [7, 11) is 1.46. The summed E-state index contributed by atoms with van der Waals surface area (Å²) in [6.07, 6.45) is 0. The molecule has 1 atom stereocenters. The molecule has 0 aliphatic carbocycles. The average Bonchev–Trinajstić information content (AvgIpc) is 2.45. The molecule has 1 aromatic carbocycles. The molecular weight excluding hydrogens is 262 g/mol. The number of amides is 1. The lowest BCUT2D eigenvalue weighted by molar-refractivity contribution is -0.385. The van der Waals surface area contributed by atoms with Crippen molar-refractivity contribution in [1.82, 2.24) is 4.90 Å². The fourth-order valence-corrected chi connectivity index (χ4v) is 1.59. The van der Waals surface area contributed by atoms with Crippen molar-refractivity contribution in [3.63, 3.8) is 0 Å². The standard InChI is InChI=1S/C13H15N3O4/c1-4-20-12-10(6-5-7-11(12)16(18)19)13(17)15(3)9(2)8-14/h5-7,9H,4H2,1-3H3. The van der Waals surface area contributed by atoms with Gasteiger partial charge in [-0.05, 0) is 19.9 Å². The van der Waals surface area contributed by atoms with Crippen LogP contribution in [0.15, 0.2) is 18.2 Å².